The van der Waals surface area contributed by atoms with Crippen LogP contribution in [0.4, 0.5) is 0 Å². The van der Waals surface area contributed by atoms with E-state index in [1.165, 1.54) is 0 Å². The summed E-state index contributed by atoms with van der Waals surface area (Å²) in [6.45, 7) is 8.30. The van der Waals surface area contributed by atoms with Crippen LogP contribution in [-0.2, 0) is 12.8 Å². The van der Waals surface area contributed by atoms with Crippen molar-refractivity contribution in [3.05, 3.63) is 94.5 Å². The largest absolute Gasteiger partial charge is 0.419 e. The van der Waals surface area contributed by atoms with Crippen molar-refractivity contribution in [2.45, 2.75) is 53.4 Å². The van der Waals surface area contributed by atoms with Gasteiger partial charge in [-0.15, -0.1) is 0 Å². The topological polar surface area (TPSA) is 52.6 Å². The van der Waals surface area contributed by atoms with Crippen molar-refractivity contribution < 1.29 is 19.1 Å². The molecule has 0 aromatic heterocycles. The van der Waals surface area contributed by atoms with Gasteiger partial charge in [-0.05, 0) is 67.5 Å². The second-order valence-electron chi connectivity index (χ2n) is 8.70. The molecule has 3 rings (SSSR count). The minimum absolute atomic E-state index is 0.309. The third-order valence-corrected chi connectivity index (χ3v) is 5.44. The minimum Gasteiger partial charge on any atom is -0.419 e. The highest BCUT2D eigenvalue weighted by Crippen LogP contribution is 2.40. The quantitative estimate of drug-likeness (QED) is 0.264. The Morgan fingerprint density at radius 1 is 0.818 bits per heavy atom. The van der Waals surface area contributed by atoms with Gasteiger partial charge in [-0.25, -0.2) is 9.59 Å². The predicted molar refractivity (Wildman–Crippen MR) is 131 cm³/mol. The normalized spacial score (nSPS) is 10.8. The predicted octanol–water partition coefficient (Wildman–Crippen LogP) is 6.97. The van der Waals surface area contributed by atoms with E-state index < -0.39 is 11.9 Å². The fraction of sp³-hybridized carbons (Fsp3) is 0.310. The smallest absolute Gasteiger partial charge is 0.343 e. The molecule has 172 valence electrons. The Labute approximate surface area is 196 Å². The van der Waals surface area contributed by atoms with Crippen LogP contribution >= 0.6 is 0 Å². The van der Waals surface area contributed by atoms with Crippen LogP contribution in [-0.4, -0.2) is 11.9 Å². The molecule has 0 atom stereocenters. The number of carbonyl (C=O) groups is 2. The Bertz CT molecular complexity index is 1090. The van der Waals surface area contributed by atoms with Crippen LogP contribution in [0, 0.1) is 12.8 Å². The van der Waals surface area contributed by atoms with Crippen LogP contribution in [0.15, 0.2) is 66.7 Å². The van der Waals surface area contributed by atoms with Gasteiger partial charge in [0.05, 0.1) is 11.1 Å². The molecular weight excluding hydrogens is 412 g/mol. The number of rotatable bonds is 9. The maximum atomic E-state index is 13.0. The van der Waals surface area contributed by atoms with Gasteiger partial charge in [0.25, 0.3) is 0 Å². The number of carbonyl (C=O) groups excluding carboxylic acids is 2. The number of unbranched alkanes of at least 4 members (excludes halogenated alkanes) is 1. The standard InChI is InChI=1S/C29H32O4/c1-5-6-13-24-19-21(4)26(32-28(30)22-14-9-7-10-15-22)27(25(24)18-20(2)3)33-29(31)23-16-11-8-12-17-23/h7-12,14-17,19-20H,5-6,13,18H2,1-4H3. The van der Waals surface area contributed by atoms with Gasteiger partial charge >= 0.3 is 11.9 Å². The highest BCUT2D eigenvalue weighted by molar-refractivity contribution is 5.93. The molecule has 0 fully saturated rings. The van der Waals surface area contributed by atoms with E-state index in [0.717, 1.165) is 36.0 Å². The molecule has 0 radical (unpaired) electrons. The van der Waals surface area contributed by atoms with E-state index in [2.05, 4.69) is 26.8 Å². The van der Waals surface area contributed by atoms with Crippen molar-refractivity contribution in [1.29, 1.82) is 0 Å². The summed E-state index contributed by atoms with van der Waals surface area (Å²) in [4.78, 5) is 25.9. The first-order valence-electron chi connectivity index (χ1n) is 11.6. The second-order valence-corrected chi connectivity index (χ2v) is 8.70. The summed E-state index contributed by atoms with van der Waals surface area (Å²) in [6.07, 6.45) is 3.68. The van der Waals surface area contributed by atoms with Gasteiger partial charge in [0.15, 0.2) is 11.5 Å². The first-order valence-corrected chi connectivity index (χ1v) is 11.6. The summed E-state index contributed by atoms with van der Waals surface area (Å²) in [5.41, 5.74) is 3.74. The van der Waals surface area contributed by atoms with Crippen LogP contribution in [0.1, 0.15) is 71.0 Å². The third kappa shape index (κ3) is 6.32. The maximum Gasteiger partial charge on any atom is 0.343 e. The van der Waals surface area contributed by atoms with Gasteiger partial charge in [0.1, 0.15) is 0 Å². The van der Waals surface area contributed by atoms with Crippen molar-refractivity contribution in [1.82, 2.24) is 0 Å². The lowest BCUT2D eigenvalue weighted by Gasteiger charge is -2.21. The number of benzene rings is 3. The van der Waals surface area contributed by atoms with Crippen LogP contribution in [0.5, 0.6) is 11.5 Å². The first-order chi connectivity index (χ1) is 15.9. The molecule has 3 aromatic carbocycles. The number of hydrogen-bond acceptors (Lipinski definition) is 4. The van der Waals surface area contributed by atoms with E-state index in [9.17, 15) is 9.59 Å². The van der Waals surface area contributed by atoms with E-state index in [1.54, 1.807) is 48.5 Å². The highest BCUT2D eigenvalue weighted by Gasteiger charge is 2.25. The third-order valence-electron chi connectivity index (χ3n) is 5.44. The van der Waals surface area contributed by atoms with Crippen LogP contribution in [0.2, 0.25) is 0 Å². The summed E-state index contributed by atoms with van der Waals surface area (Å²) in [5.74, 6) is 0.0501. The van der Waals surface area contributed by atoms with Crippen LogP contribution in [0.25, 0.3) is 0 Å². The molecule has 0 aliphatic carbocycles. The van der Waals surface area contributed by atoms with Gasteiger partial charge in [-0.2, -0.15) is 0 Å². The van der Waals surface area contributed by atoms with Gasteiger partial charge < -0.3 is 9.47 Å². The van der Waals surface area contributed by atoms with Gasteiger partial charge in [-0.3, -0.25) is 0 Å². The van der Waals surface area contributed by atoms with Crippen molar-refractivity contribution in [2.24, 2.45) is 5.92 Å². The van der Waals surface area contributed by atoms with Crippen molar-refractivity contribution in [3.8, 4) is 11.5 Å². The number of aryl methyl sites for hydroxylation is 2. The Morgan fingerprint density at radius 2 is 1.33 bits per heavy atom. The van der Waals surface area contributed by atoms with E-state index in [-0.39, 0.29) is 0 Å². The van der Waals surface area contributed by atoms with Gasteiger partial charge in [0.2, 0.25) is 0 Å². The number of ether oxygens (including phenoxy) is 2. The summed E-state index contributed by atoms with van der Waals surface area (Å²) in [6, 6.07) is 19.8. The van der Waals surface area contributed by atoms with Gasteiger partial charge in [0, 0.05) is 5.56 Å². The molecule has 0 saturated carbocycles. The average molecular weight is 445 g/mol. The van der Waals surface area contributed by atoms with Gasteiger partial charge in [-0.1, -0.05) is 69.7 Å². The van der Waals surface area contributed by atoms with Crippen LogP contribution < -0.4 is 9.47 Å². The zero-order valence-electron chi connectivity index (χ0n) is 19.9. The molecule has 0 bridgehead atoms. The lowest BCUT2D eigenvalue weighted by atomic mass is 9.92. The molecule has 4 nitrogen and oxygen atoms in total. The highest BCUT2D eigenvalue weighted by atomic mass is 16.6. The lowest BCUT2D eigenvalue weighted by molar-refractivity contribution is 0.0679. The zero-order valence-corrected chi connectivity index (χ0v) is 19.9. The maximum absolute atomic E-state index is 13.0. The fourth-order valence-corrected chi connectivity index (χ4v) is 3.78. The molecule has 0 aliphatic heterocycles. The van der Waals surface area contributed by atoms with Crippen molar-refractivity contribution in [3.63, 3.8) is 0 Å². The molecule has 0 saturated heterocycles. The van der Waals surface area contributed by atoms with E-state index in [0.29, 0.717) is 35.0 Å². The fourth-order valence-electron chi connectivity index (χ4n) is 3.78. The van der Waals surface area contributed by atoms with E-state index in [1.807, 2.05) is 19.1 Å². The van der Waals surface area contributed by atoms with Crippen LogP contribution in [0.3, 0.4) is 0 Å². The lowest BCUT2D eigenvalue weighted by Crippen LogP contribution is -2.16. The molecule has 0 N–H and O–H groups in total. The Hall–Kier alpha value is -3.40. The summed E-state index contributed by atoms with van der Waals surface area (Å²) < 4.78 is 11.9. The summed E-state index contributed by atoms with van der Waals surface area (Å²) in [5, 5.41) is 0. The van der Waals surface area contributed by atoms with Crippen molar-refractivity contribution in [2.75, 3.05) is 0 Å². The number of hydrogen-bond donors (Lipinski definition) is 0. The Kier molecular flexibility index (Phi) is 8.42. The molecular formula is C29H32O4. The minimum atomic E-state index is -0.479. The van der Waals surface area contributed by atoms with E-state index >= 15 is 0 Å². The average Bonchev–Trinajstić information content (AvgIpc) is 2.82. The molecule has 0 spiro atoms. The molecule has 0 unspecified atom stereocenters. The second kappa shape index (κ2) is 11.5. The monoisotopic (exact) mass is 444 g/mol. The van der Waals surface area contributed by atoms with E-state index in [4.69, 9.17) is 9.47 Å². The molecule has 3 aromatic rings. The SMILES string of the molecule is CCCCc1cc(C)c(OC(=O)c2ccccc2)c(OC(=O)c2ccccc2)c1CC(C)C. The Balaban J connectivity index is 2.10. The van der Waals surface area contributed by atoms with Crippen molar-refractivity contribution >= 4 is 11.9 Å². The summed E-state index contributed by atoms with van der Waals surface area (Å²) >= 11 is 0. The first kappa shape index (κ1) is 24.2. The molecule has 0 aliphatic rings. The molecule has 33 heavy (non-hydrogen) atoms. The molecule has 0 amide bonds. The molecule has 4 heteroatoms. The summed E-state index contributed by atoms with van der Waals surface area (Å²) in [7, 11) is 0. The Morgan fingerprint density at radius 3 is 1.82 bits per heavy atom. The molecule has 0 heterocycles. The number of esters is 2. The zero-order chi connectivity index (χ0) is 23.8.